The summed E-state index contributed by atoms with van der Waals surface area (Å²) >= 11 is 0. The molecule has 0 aliphatic heterocycles. The van der Waals surface area contributed by atoms with Crippen molar-refractivity contribution in [1.82, 2.24) is 9.97 Å². The second-order valence-electron chi connectivity index (χ2n) is 4.22. The van der Waals surface area contributed by atoms with Crippen molar-refractivity contribution in [2.45, 2.75) is 11.8 Å². The summed E-state index contributed by atoms with van der Waals surface area (Å²) in [4.78, 5) is 18.6. The number of amides is 1. The molecule has 1 amide bonds. The SMILES string of the molecule is COc1ccc(NC(C)=O)cc1S(=O)(=O)Nc1ncccn1. The van der Waals surface area contributed by atoms with Gasteiger partial charge in [0.1, 0.15) is 10.6 Å². The second-order valence-corrected chi connectivity index (χ2v) is 5.88. The fraction of sp³-hybridized carbons (Fsp3) is 0.154. The van der Waals surface area contributed by atoms with Gasteiger partial charge < -0.3 is 10.1 Å². The Bertz CT molecular complexity index is 778. The fourth-order valence-corrected chi connectivity index (χ4v) is 2.85. The number of hydrogen-bond donors (Lipinski definition) is 2. The number of sulfonamides is 1. The highest BCUT2D eigenvalue weighted by Crippen LogP contribution is 2.28. The predicted octanol–water partition coefficient (Wildman–Crippen LogP) is 1.24. The number of ether oxygens (including phenoxy) is 1. The number of carbonyl (C=O) groups is 1. The van der Waals surface area contributed by atoms with E-state index in [-0.39, 0.29) is 22.5 Å². The lowest BCUT2D eigenvalue weighted by molar-refractivity contribution is -0.114. The summed E-state index contributed by atoms with van der Waals surface area (Å²) in [6, 6.07) is 5.85. The average Bonchev–Trinajstić information content (AvgIpc) is 2.47. The van der Waals surface area contributed by atoms with Crippen molar-refractivity contribution in [2.75, 3.05) is 17.1 Å². The molecule has 9 heteroatoms. The third-order valence-corrected chi connectivity index (χ3v) is 3.91. The summed E-state index contributed by atoms with van der Waals surface area (Å²) in [5.74, 6) is -0.236. The second kappa shape index (κ2) is 6.39. The highest BCUT2D eigenvalue weighted by molar-refractivity contribution is 7.92. The molecule has 2 N–H and O–H groups in total. The number of nitrogens with zero attached hydrogens (tertiary/aromatic N) is 2. The van der Waals surface area contributed by atoms with E-state index in [1.165, 1.54) is 44.6 Å². The molecule has 0 spiro atoms. The molecule has 1 aromatic carbocycles. The minimum atomic E-state index is -3.97. The minimum Gasteiger partial charge on any atom is -0.495 e. The fourth-order valence-electron chi connectivity index (χ4n) is 1.69. The summed E-state index contributed by atoms with van der Waals surface area (Å²) in [5, 5.41) is 2.51. The molecule has 1 heterocycles. The van der Waals surface area contributed by atoms with Gasteiger partial charge in [-0.15, -0.1) is 0 Å². The molecule has 0 radical (unpaired) electrons. The molecule has 0 atom stereocenters. The normalized spacial score (nSPS) is 10.8. The van der Waals surface area contributed by atoms with Gasteiger partial charge in [0.15, 0.2) is 0 Å². The molecule has 22 heavy (non-hydrogen) atoms. The van der Waals surface area contributed by atoms with E-state index in [0.29, 0.717) is 5.69 Å². The molecule has 0 aliphatic carbocycles. The topological polar surface area (TPSA) is 110 Å². The Morgan fingerprint density at radius 2 is 1.91 bits per heavy atom. The first-order chi connectivity index (χ1) is 10.4. The predicted molar refractivity (Wildman–Crippen MR) is 80.1 cm³/mol. The molecule has 0 fully saturated rings. The number of anilines is 2. The smallest absolute Gasteiger partial charge is 0.267 e. The maximum absolute atomic E-state index is 12.4. The summed E-state index contributed by atoms with van der Waals surface area (Å²) in [6.45, 7) is 1.33. The molecule has 0 saturated heterocycles. The Kier molecular flexibility index (Phi) is 4.56. The Balaban J connectivity index is 2.42. The molecule has 2 aromatic rings. The molecule has 2 rings (SSSR count). The Morgan fingerprint density at radius 1 is 1.23 bits per heavy atom. The highest BCUT2D eigenvalue weighted by Gasteiger charge is 2.21. The van der Waals surface area contributed by atoms with Crippen molar-refractivity contribution in [1.29, 1.82) is 0 Å². The third kappa shape index (κ3) is 3.70. The average molecular weight is 322 g/mol. The standard InChI is InChI=1S/C13H14N4O4S/c1-9(18)16-10-4-5-11(21-2)12(8-10)22(19,20)17-13-14-6-3-7-15-13/h3-8H,1-2H3,(H,16,18)(H,14,15,17). The van der Waals surface area contributed by atoms with Crippen LogP contribution in [0, 0.1) is 0 Å². The van der Waals surface area contributed by atoms with Crippen molar-refractivity contribution >= 4 is 27.6 Å². The van der Waals surface area contributed by atoms with Gasteiger partial charge in [-0.05, 0) is 24.3 Å². The zero-order chi connectivity index (χ0) is 16.2. The molecule has 8 nitrogen and oxygen atoms in total. The number of hydrogen-bond acceptors (Lipinski definition) is 6. The lowest BCUT2D eigenvalue weighted by Crippen LogP contribution is -2.16. The van der Waals surface area contributed by atoms with Gasteiger partial charge in [-0.2, -0.15) is 0 Å². The number of rotatable bonds is 5. The van der Waals surface area contributed by atoms with E-state index in [1.54, 1.807) is 6.07 Å². The van der Waals surface area contributed by atoms with Gasteiger partial charge in [-0.1, -0.05) is 0 Å². The van der Waals surface area contributed by atoms with Crippen LogP contribution in [0.3, 0.4) is 0 Å². The van der Waals surface area contributed by atoms with Gasteiger partial charge in [0.25, 0.3) is 10.0 Å². The lowest BCUT2D eigenvalue weighted by atomic mass is 10.3. The largest absolute Gasteiger partial charge is 0.495 e. The third-order valence-electron chi connectivity index (χ3n) is 2.56. The molecule has 0 saturated carbocycles. The van der Waals surface area contributed by atoms with Crippen LogP contribution >= 0.6 is 0 Å². The minimum absolute atomic E-state index is 0.0607. The van der Waals surface area contributed by atoms with Crippen LogP contribution in [0.5, 0.6) is 5.75 Å². The van der Waals surface area contributed by atoms with Crippen LogP contribution in [0.4, 0.5) is 11.6 Å². The zero-order valence-electron chi connectivity index (χ0n) is 11.9. The van der Waals surface area contributed by atoms with E-state index in [9.17, 15) is 13.2 Å². The highest BCUT2D eigenvalue weighted by atomic mass is 32.2. The van der Waals surface area contributed by atoms with E-state index in [4.69, 9.17) is 4.74 Å². The van der Waals surface area contributed by atoms with Gasteiger partial charge in [0, 0.05) is 25.0 Å². The van der Waals surface area contributed by atoms with Gasteiger partial charge in [0.2, 0.25) is 11.9 Å². The molecule has 0 bridgehead atoms. The summed E-state index contributed by atoms with van der Waals surface area (Å²) in [6.07, 6.45) is 2.83. The Labute approximate surface area is 127 Å². The molecular formula is C13H14N4O4S. The van der Waals surface area contributed by atoms with Crippen LogP contribution in [-0.4, -0.2) is 31.4 Å². The van der Waals surface area contributed by atoms with E-state index in [0.717, 1.165) is 0 Å². The number of nitrogens with one attached hydrogen (secondary N) is 2. The van der Waals surface area contributed by atoms with Crippen LogP contribution in [0.1, 0.15) is 6.92 Å². The van der Waals surface area contributed by atoms with Crippen molar-refractivity contribution in [2.24, 2.45) is 0 Å². The molecule has 116 valence electrons. The summed E-state index contributed by atoms with van der Waals surface area (Å²) < 4.78 is 32.2. The van der Waals surface area contributed by atoms with Crippen LogP contribution in [0.2, 0.25) is 0 Å². The summed E-state index contributed by atoms with van der Waals surface area (Å²) in [7, 11) is -2.61. The maximum Gasteiger partial charge on any atom is 0.267 e. The van der Waals surface area contributed by atoms with Crippen LogP contribution in [0.25, 0.3) is 0 Å². The maximum atomic E-state index is 12.4. The van der Waals surface area contributed by atoms with Crippen molar-refractivity contribution < 1.29 is 17.9 Å². The van der Waals surface area contributed by atoms with Gasteiger partial charge in [-0.3, -0.25) is 4.79 Å². The van der Waals surface area contributed by atoms with Crippen LogP contribution in [0.15, 0.2) is 41.6 Å². The van der Waals surface area contributed by atoms with E-state index >= 15 is 0 Å². The summed E-state index contributed by atoms with van der Waals surface area (Å²) in [5.41, 5.74) is 0.336. The molecule has 1 aromatic heterocycles. The molecule has 0 aliphatic rings. The van der Waals surface area contributed by atoms with Gasteiger partial charge in [-0.25, -0.2) is 23.1 Å². The number of benzene rings is 1. The van der Waals surface area contributed by atoms with Gasteiger partial charge >= 0.3 is 0 Å². The van der Waals surface area contributed by atoms with Gasteiger partial charge in [0.05, 0.1) is 7.11 Å². The Morgan fingerprint density at radius 3 is 2.50 bits per heavy atom. The first-order valence-electron chi connectivity index (χ1n) is 6.18. The van der Waals surface area contributed by atoms with Crippen molar-refractivity contribution in [3.8, 4) is 5.75 Å². The quantitative estimate of drug-likeness (QED) is 0.857. The lowest BCUT2D eigenvalue weighted by Gasteiger charge is -2.12. The molecule has 0 unspecified atom stereocenters. The van der Waals surface area contributed by atoms with E-state index < -0.39 is 10.0 Å². The van der Waals surface area contributed by atoms with Crippen molar-refractivity contribution in [3.05, 3.63) is 36.7 Å². The van der Waals surface area contributed by atoms with E-state index in [2.05, 4.69) is 20.0 Å². The monoisotopic (exact) mass is 322 g/mol. The number of carbonyl (C=O) groups excluding carboxylic acids is 1. The number of aromatic nitrogens is 2. The van der Waals surface area contributed by atoms with E-state index in [1.807, 2.05) is 0 Å². The molecular weight excluding hydrogens is 308 g/mol. The first kappa shape index (κ1) is 15.7. The Hall–Kier alpha value is -2.68. The first-order valence-corrected chi connectivity index (χ1v) is 7.66. The zero-order valence-corrected chi connectivity index (χ0v) is 12.7. The van der Waals surface area contributed by atoms with Crippen molar-refractivity contribution in [3.63, 3.8) is 0 Å². The van der Waals surface area contributed by atoms with Crippen LogP contribution < -0.4 is 14.8 Å². The number of methoxy groups -OCH3 is 1. The van der Waals surface area contributed by atoms with Crippen LogP contribution in [-0.2, 0) is 14.8 Å².